The molecule has 0 saturated heterocycles. The molecule has 0 amide bonds. The highest BCUT2D eigenvalue weighted by atomic mass is 16.5. The van der Waals surface area contributed by atoms with Gasteiger partial charge in [-0.2, -0.15) is 0 Å². The van der Waals surface area contributed by atoms with Gasteiger partial charge < -0.3 is 25.8 Å². The standard InChI is InChI=1S/C22H37NO5/c1-19(12-24)16-4-3-14-9-15-10-21(14,20(16,2)6-5-17(19)25)7-8-22(15,27)13-28-18(26)11-23/h14-17,24-25,27H,3-13,23H2,1-2H3/t14-,15-,16-,17-,19-,20+,21-,22-/m0/s1. The van der Waals surface area contributed by atoms with Gasteiger partial charge in [0.25, 0.3) is 0 Å². The van der Waals surface area contributed by atoms with Gasteiger partial charge in [0.05, 0.1) is 19.3 Å². The molecule has 1 spiro atoms. The zero-order valence-corrected chi connectivity index (χ0v) is 17.3. The third-order valence-electron chi connectivity index (χ3n) is 9.92. The molecule has 5 N–H and O–H groups in total. The van der Waals surface area contributed by atoms with Crippen LogP contribution in [0.1, 0.15) is 65.2 Å². The van der Waals surface area contributed by atoms with Crippen molar-refractivity contribution in [3.63, 3.8) is 0 Å². The van der Waals surface area contributed by atoms with Crippen LogP contribution in [0.3, 0.4) is 0 Å². The van der Waals surface area contributed by atoms with E-state index < -0.39 is 23.1 Å². The van der Waals surface area contributed by atoms with E-state index in [1.165, 1.54) is 0 Å². The fourth-order valence-electron chi connectivity index (χ4n) is 8.18. The Hall–Kier alpha value is -0.690. The third-order valence-corrected chi connectivity index (χ3v) is 9.92. The van der Waals surface area contributed by atoms with Gasteiger partial charge in [0, 0.05) is 5.41 Å². The molecule has 0 aromatic rings. The minimum Gasteiger partial charge on any atom is -0.462 e. The third kappa shape index (κ3) is 2.57. The molecule has 0 aliphatic heterocycles. The molecular weight excluding hydrogens is 358 g/mol. The lowest BCUT2D eigenvalue weighted by atomic mass is 9.39. The number of aliphatic hydroxyl groups excluding tert-OH is 2. The number of nitrogens with two attached hydrogens (primary N) is 1. The number of carbonyl (C=O) groups is 1. The molecule has 6 nitrogen and oxygen atoms in total. The fraction of sp³-hybridized carbons (Fsp3) is 0.955. The summed E-state index contributed by atoms with van der Waals surface area (Å²) in [6.07, 6.45) is 6.91. The van der Waals surface area contributed by atoms with E-state index in [4.69, 9.17) is 10.5 Å². The van der Waals surface area contributed by atoms with Crippen LogP contribution in [0.25, 0.3) is 0 Å². The largest absolute Gasteiger partial charge is 0.462 e. The Bertz CT molecular complexity index is 642. The van der Waals surface area contributed by atoms with Crippen molar-refractivity contribution in [2.75, 3.05) is 19.8 Å². The van der Waals surface area contributed by atoms with Crippen LogP contribution in [0, 0.1) is 34.0 Å². The van der Waals surface area contributed by atoms with E-state index in [0.717, 1.165) is 44.9 Å². The Balaban J connectivity index is 1.62. The number of hydrogen-bond acceptors (Lipinski definition) is 6. The Kier molecular flexibility index (Phi) is 4.89. The minimum atomic E-state index is -0.951. The van der Waals surface area contributed by atoms with E-state index in [1.54, 1.807) is 0 Å². The Labute approximate surface area is 167 Å². The highest BCUT2D eigenvalue weighted by Gasteiger charge is 2.70. The SMILES string of the molecule is C[C@@]1(CO)[C@@H](O)CC[C@]2(C)[C@H]1CC[C@H]1C[C@H]3C[C@@]12CC[C@]3(O)COC(=O)CN. The average Bonchev–Trinajstić information content (AvgIpc) is 3.04. The van der Waals surface area contributed by atoms with Crippen LogP contribution < -0.4 is 5.73 Å². The minimum absolute atomic E-state index is 0.0254. The molecule has 0 aromatic heterocycles. The van der Waals surface area contributed by atoms with Crippen LogP contribution >= 0.6 is 0 Å². The first-order chi connectivity index (χ1) is 13.1. The highest BCUT2D eigenvalue weighted by Crippen LogP contribution is 2.75. The second-order valence-corrected chi connectivity index (χ2v) is 10.7. The monoisotopic (exact) mass is 395 g/mol. The first-order valence-corrected chi connectivity index (χ1v) is 11.0. The summed E-state index contributed by atoms with van der Waals surface area (Å²) in [5.74, 6) is 0.539. The molecule has 4 rings (SSSR count). The van der Waals surface area contributed by atoms with Crippen LogP contribution in [0.4, 0.5) is 0 Å². The van der Waals surface area contributed by atoms with Crippen molar-refractivity contribution < 1.29 is 24.9 Å². The maximum atomic E-state index is 11.5. The van der Waals surface area contributed by atoms with Gasteiger partial charge in [0.1, 0.15) is 12.2 Å². The predicted octanol–water partition coefficient (Wildman–Crippen LogP) is 1.60. The highest BCUT2D eigenvalue weighted by molar-refractivity contribution is 5.71. The molecule has 160 valence electrons. The van der Waals surface area contributed by atoms with Crippen LogP contribution in [0.2, 0.25) is 0 Å². The van der Waals surface area contributed by atoms with E-state index in [9.17, 15) is 20.1 Å². The Morgan fingerprint density at radius 2 is 1.89 bits per heavy atom. The predicted molar refractivity (Wildman–Crippen MR) is 104 cm³/mol. The molecule has 4 aliphatic rings. The van der Waals surface area contributed by atoms with Gasteiger partial charge in [-0.25, -0.2) is 0 Å². The lowest BCUT2D eigenvalue weighted by molar-refractivity contribution is -0.217. The summed E-state index contributed by atoms with van der Waals surface area (Å²) in [6.45, 7) is 4.37. The quantitative estimate of drug-likeness (QED) is 0.538. The average molecular weight is 396 g/mol. The van der Waals surface area contributed by atoms with Crippen LogP contribution in [0.15, 0.2) is 0 Å². The maximum absolute atomic E-state index is 11.5. The molecule has 0 radical (unpaired) electrons. The number of aliphatic hydroxyl groups is 3. The summed E-state index contributed by atoms with van der Waals surface area (Å²) >= 11 is 0. The molecule has 6 heteroatoms. The van der Waals surface area contributed by atoms with Gasteiger partial charge in [-0.05, 0) is 80.0 Å². The number of rotatable bonds is 4. The second-order valence-electron chi connectivity index (χ2n) is 10.7. The van der Waals surface area contributed by atoms with Crippen molar-refractivity contribution in [1.29, 1.82) is 0 Å². The number of ether oxygens (including phenoxy) is 1. The lowest BCUT2D eigenvalue weighted by Crippen LogP contribution is -2.63. The first kappa shape index (κ1) is 20.6. The molecule has 4 saturated carbocycles. The molecule has 8 atom stereocenters. The summed E-state index contributed by atoms with van der Waals surface area (Å²) in [6, 6.07) is 0. The number of carbonyl (C=O) groups excluding carboxylic acids is 1. The smallest absolute Gasteiger partial charge is 0.319 e. The van der Waals surface area contributed by atoms with Crippen molar-refractivity contribution in [2.45, 2.75) is 76.9 Å². The van der Waals surface area contributed by atoms with E-state index in [2.05, 4.69) is 13.8 Å². The van der Waals surface area contributed by atoms with Crippen molar-refractivity contribution in [1.82, 2.24) is 0 Å². The summed E-state index contributed by atoms with van der Waals surface area (Å²) in [7, 11) is 0. The Morgan fingerprint density at radius 3 is 2.57 bits per heavy atom. The molecule has 0 unspecified atom stereocenters. The number of hydrogen-bond donors (Lipinski definition) is 4. The van der Waals surface area contributed by atoms with Crippen molar-refractivity contribution in [2.24, 2.45) is 39.7 Å². The molecule has 4 fully saturated rings. The van der Waals surface area contributed by atoms with Gasteiger partial charge in [0.2, 0.25) is 0 Å². The molecular formula is C22H37NO5. The maximum Gasteiger partial charge on any atom is 0.319 e. The molecule has 4 aliphatic carbocycles. The van der Waals surface area contributed by atoms with Gasteiger partial charge >= 0.3 is 5.97 Å². The fourth-order valence-corrected chi connectivity index (χ4v) is 8.18. The van der Waals surface area contributed by atoms with Gasteiger partial charge in [-0.15, -0.1) is 0 Å². The van der Waals surface area contributed by atoms with Crippen LogP contribution in [-0.4, -0.2) is 52.8 Å². The molecule has 0 aromatic carbocycles. The van der Waals surface area contributed by atoms with Crippen LogP contribution in [0.5, 0.6) is 0 Å². The lowest BCUT2D eigenvalue weighted by Gasteiger charge is -2.66. The summed E-state index contributed by atoms with van der Waals surface area (Å²) in [4.78, 5) is 11.5. The molecule has 28 heavy (non-hydrogen) atoms. The van der Waals surface area contributed by atoms with E-state index in [1.807, 2.05) is 0 Å². The molecule has 0 heterocycles. The summed E-state index contributed by atoms with van der Waals surface area (Å²) < 4.78 is 5.25. The number of fused-ring (bicyclic) bond motifs is 2. The normalized spacial score (nSPS) is 52.6. The van der Waals surface area contributed by atoms with E-state index >= 15 is 0 Å². The zero-order valence-electron chi connectivity index (χ0n) is 17.3. The van der Waals surface area contributed by atoms with Gasteiger partial charge in [-0.3, -0.25) is 4.79 Å². The number of esters is 1. The Morgan fingerprint density at radius 1 is 1.14 bits per heavy atom. The van der Waals surface area contributed by atoms with Crippen molar-refractivity contribution in [3.8, 4) is 0 Å². The van der Waals surface area contributed by atoms with Crippen LogP contribution in [-0.2, 0) is 9.53 Å². The van der Waals surface area contributed by atoms with Crippen molar-refractivity contribution >= 4 is 5.97 Å². The topological polar surface area (TPSA) is 113 Å². The molecule has 2 bridgehead atoms. The zero-order chi connectivity index (χ0) is 20.4. The van der Waals surface area contributed by atoms with Gasteiger partial charge in [0.15, 0.2) is 0 Å². The summed E-state index contributed by atoms with van der Waals surface area (Å²) in [5, 5.41) is 32.2. The summed E-state index contributed by atoms with van der Waals surface area (Å²) in [5.41, 5.74) is 4.16. The van der Waals surface area contributed by atoms with E-state index in [-0.39, 0.29) is 36.5 Å². The second kappa shape index (κ2) is 6.66. The van der Waals surface area contributed by atoms with E-state index in [0.29, 0.717) is 18.3 Å². The first-order valence-electron chi connectivity index (χ1n) is 11.0. The van der Waals surface area contributed by atoms with Crippen molar-refractivity contribution in [3.05, 3.63) is 0 Å². The van der Waals surface area contributed by atoms with Gasteiger partial charge in [-0.1, -0.05) is 13.8 Å².